The summed E-state index contributed by atoms with van der Waals surface area (Å²) >= 11 is 3.41. The molecule has 0 bridgehead atoms. The average Bonchev–Trinajstić information content (AvgIpc) is 2.46. The number of hydrogen-bond donors (Lipinski definition) is 0. The molecular weight excluding hydrogens is 320 g/mol. The van der Waals surface area contributed by atoms with Gasteiger partial charge in [-0.25, -0.2) is 0 Å². The van der Waals surface area contributed by atoms with Crippen LogP contribution in [-0.2, 0) is 0 Å². The van der Waals surface area contributed by atoms with E-state index < -0.39 is 0 Å². The quantitative estimate of drug-likeness (QED) is 0.792. The minimum Gasteiger partial charge on any atom is -0.497 e. The maximum absolute atomic E-state index is 12.6. The molecule has 2 rings (SSSR count). The Morgan fingerprint density at radius 2 is 1.75 bits per heavy atom. The van der Waals surface area contributed by atoms with Crippen LogP contribution in [0.15, 0.2) is 40.9 Å². The van der Waals surface area contributed by atoms with Crippen LogP contribution in [0, 0.1) is 6.92 Å². The molecule has 0 aliphatic carbocycles. The highest BCUT2D eigenvalue weighted by Crippen LogP contribution is 2.28. The van der Waals surface area contributed by atoms with E-state index in [4.69, 9.17) is 9.47 Å². The van der Waals surface area contributed by atoms with Gasteiger partial charge in [0.2, 0.25) is 0 Å². The number of ether oxygens (including phenoxy) is 2. The first-order valence-electron chi connectivity index (χ1n) is 6.09. The Morgan fingerprint density at radius 1 is 1.00 bits per heavy atom. The summed E-state index contributed by atoms with van der Waals surface area (Å²) in [5.41, 5.74) is 2.15. The summed E-state index contributed by atoms with van der Waals surface area (Å²) in [5.74, 6) is 1.19. The zero-order valence-corrected chi connectivity index (χ0v) is 13.2. The molecule has 0 unspecified atom stereocenters. The summed E-state index contributed by atoms with van der Waals surface area (Å²) < 4.78 is 11.1. The summed E-state index contributed by atoms with van der Waals surface area (Å²) in [6, 6.07) is 10.8. The van der Waals surface area contributed by atoms with Crippen LogP contribution in [0.2, 0.25) is 0 Å². The van der Waals surface area contributed by atoms with Gasteiger partial charge in [-0.3, -0.25) is 4.79 Å². The number of aryl methyl sites for hydroxylation is 1. The lowest BCUT2D eigenvalue weighted by Crippen LogP contribution is -2.05. The Hall–Kier alpha value is -1.81. The third kappa shape index (κ3) is 2.85. The van der Waals surface area contributed by atoms with Gasteiger partial charge < -0.3 is 9.47 Å². The molecule has 0 aliphatic rings. The zero-order valence-electron chi connectivity index (χ0n) is 11.6. The molecule has 0 fully saturated rings. The molecule has 104 valence electrons. The highest BCUT2D eigenvalue weighted by Gasteiger charge is 2.17. The van der Waals surface area contributed by atoms with Crippen LogP contribution >= 0.6 is 15.9 Å². The number of methoxy groups -OCH3 is 2. The fraction of sp³-hybridized carbons (Fsp3) is 0.188. The molecule has 0 amide bonds. The second kappa shape index (κ2) is 6.09. The number of halogens is 1. The van der Waals surface area contributed by atoms with Gasteiger partial charge in [-0.1, -0.05) is 11.6 Å². The summed E-state index contributed by atoms with van der Waals surface area (Å²) in [4.78, 5) is 12.6. The molecule has 4 heteroatoms. The molecule has 3 nitrogen and oxygen atoms in total. The molecule has 0 saturated heterocycles. The standard InChI is InChI=1S/C16H15BrO3/c1-10-4-7-15(20-3)13(8-10)16(18)12-6-5-11(19-2)9-14(12)17/h4-9H,1-3H3. The minimum absolute atomic E-state index is 0.0833. The minimum atomic E-state index is -0.0833. The monoisotopic (exact) mass is 334 g/mol. The van der Waals surface area contributed by atoms with E-state index in [1.54, 1.807) is 38.5 Å². The fourth-order valence-corrected chi connectivity index (χ4v) is 2.49. The maximum Gasteiger partial charge on any atom is 0.197 e. The van der Waals surface area contributed by atoms with Crippen molar-refractivity contribution in [2.45, 2.75) is 6.92 Å². The lowest BCUT2D eigenvalue weighted by molar-refractivity contribution is 0.103. The highest BCUT2D eigenvalue weighted by atomic mass is 79.9. The molecule has 2 aromatic carbocycles. The van der Waals surface area contributed by atoms with Gasteiger partial charge in [-0.2, -0.15) is 0 Å². The molecule has 0 saturated carbocycles. The predicted octanol–water partition coefficient (Wildman–Crippen LogP) is 4.01. The van der Waals surface area contributed by atoms with E-state index in [0.717, 1.165) is 5.56 Å². The normalized spacial score (nSPS) is 10.2. The molecule has 0 N–H and O–H groups in total. The number of hydrogen-bond acceptors (Lipinski definition) is 3. The highest BCUT2D eigenvalue weighted by molar-refractivity contribution is 9.10. The maximum atomic E-state index is 12.6. The summed E-state index contributed by atoms with van der Waals surface area (Å²) in [6.07, 6.45) is 0. The Morgan fingerprint density at radius 3 is 2.35 bits per heavy atom. The van der Waals surface area contributed by atoms with Gasteiger partial charge in [0.25, 0.3) is 0 Å². The third-order valence-electron chi connectivity index (χ3n) is 3.02. The Bertz CT molecular complexity index is 650. The van der Waals surface area contributed by atoms with E-state index in [2.05, 4.69) is 15.9 Å². The van der Waals surface area contributed by atoms with Crippen molar-refractivity contribution in [1.82, 2.24) is 0 Å². The summed E-state index contributed by atoms with van der Waals surface area (Å²) in [6.45, 7) is 1.94. The molecule has 0 aromatic heterocycles. The lowest BCUT2D eigenvalue weighted by Gasteiger charge is -2.10. The molecule has 2 aromatic rings. The van der Waals surface area contributed by atoms with Crippen molar-refractivity contribution in [3.63, 3.8) is 0 Å². The van der Waals surface area contributed by atoms with Gasteiger partial charge in [0, 0.05) is 10.0 Å². The number of rotatable bonds is 4. The van der Waals surface area contributed by atoms with Crippen molar-refractivity contribution in [1.29, 1.82) is 0 Å². The van der Waals surface area contributed by atoms with Gasteiger partial charge in [-0.15, -0.1) is 0 Å². The SMILES string of the molecule is COc1ccc(C(=O)c2cc(C)ccc2OC)c(Br)c1. The first kappa shape index (κ1) is 14.6. The molecule has 0 atom stereocenters. The molecule has 0 spiro atoms. The van der Waals surface area contributed by atoms with Crippen LogP contribution in [-0.4, -0.2) is 20.0 Å². The Labute approximate surface area is 126 Å². The molecule has 20 heavy (non-hydrogen) atoms. The predicted molar refractivity (Wildman–Crippen MR) is 81.9 cm³/mol. The van der Waals surface area contributed by atoms with Crippen LogP contribution in [0.25, 0.3) is 0 Å². The van der Waals surface area contributed by atoms with E-state index in [1.807, 2.05) is 19.1 Å². The third-order valence-corrected chi connectivity index (χ3v) is 3.68. The largest absolute Gasteiger partial charge is 0.497 e. The second-order valence-corrected chi connectivity index (χ2v) is 5.23. The van der Waals surface area contributed by atoms with Crippen LogP contribution < -0.4 is 9.47 Å². The van der Waals surface area contributed by atoms with Gasteiger partial charge in [0.1, 0.15) is 11.5 Å². The number of ketones is 1. The van der Waals surface area contributed by atoms with Crippen molar-refractivity contribution in [3.05, 3.63) is 57.6 Å². The smallest absolute Gasteiger partial charge is 0.197 e. The average molecular weight is 335 g/mol. The summed E-state index contributed by atoms with van der Waals surface area (Å²) in [5, 5.41) is 0. The first-order valence-corrected chi connectivity index (χ1v) is 6.89. The van der Waals surface area contributed by atoms with E-state index in [1.165, 1.54) is 0 Å². The Balaban J connectivity index is 2.48. The number of carbonyl (C=O) groups is 1. The van der Waals surface area contributed by atoms with Gasteiger partial charge in [-0.05, 0) is 53.2 Å². The molecule has 0 radical (unpaired) electrons. The van der Waals surface area contributed by atoms with Gasteiger partial charge >= 0.3 is 0 Å². The van der Waals surface area contributed by atoms with Crippen molar-refractivity contribution in [3.8, 4) is 11.5 Å². The van der Waals surface area contributed by atoms with Crippen LogP contribution in [0.1, 0.15) is 21.5 Å². The number of carbonyl (C=O) groups excluding carboxylic acids is 1. The van der Waals surface area contributed by atoms with Crippen LogP contribution in [0.4, 0.5) is 0 Å². The topological polar surface area (TPSA) is 35.5 Å². The zero-order chi connectivity index (χ0) is 14.7. The van der Waals surface area contributed by atoms with E-state index in [-0.39, 0.29) is 5.78 Å². The molecule has 0 aliphatic heterocycles. The van der Waals surface area contributed by atoms with Crippen LogP contribution in [0.5, 0.6) is 11.5 Å². The van der Waals surface area contributed by atoms with E-state index >= 15 is 0 Å². The van der Waals surface area contributed by atoms with Crippen LogP contribution in [0.3, 0.4) is 0 Å². The van der Waals surface area contributed by atoms with Crippen molar-refractivity contribution >= 4 is 21.7 Å². The summed E-state index contributed by atoms with van der Waals surface area (Å²) in [7, 11) is 3.15. The van der Waals surface area contributed by atoms with E-state index in [0.29, 0.717) is 27.1 Å². The van der Waals surface area contributed by atoms with Gasteiger partial charge in [0.15, 0.2) is 5.78 Å². The van der Waals surface area contributed by atoms with Crippen molar-refractivity contribution in [2.75, 3.05) is 14.2 Å². The Kier molecular flexibility index (Phi) is 4.45. The second-order valence-electron chi connectivity index (χ2n) is 4.38. The molecule has 0 heterocycles. The lowest BCUT2D eigenvalue weighted by atomic mass is 10.0. The molecular formula is C16H15BrO3. The van der Waals surface area contributed by atoms with Crippen molar-refractivity contribution < 1.29 is 14.3 Å². The number of benzene rings is 2. The van der Waals surface area contributed by atoms with Gasteiger partial charge in [0.05, 0.1) is 19.8 Å². The van der Waals surface area contributed by atoms with Crippen molar-refractivity contribution in [2.24, 2.45) is 0 Å². The first-order chi connectivity index (χ1) is 9.56. The van der Waals surface area contributed by atoms with E-state index in [9.17, 15) is 4.79 Å². The fourth-order valence-electron chi connectivity index (χ4n) is 1.95.